The van der Waals surface area contributed by atoms with Crippen molar-refractivity contribution in [2.24, 2.45) is 0 Å². The van der Waals surface area contributed by atoms with Crippen molar-refractivity contribution in [3.63, 3.8) is 0 Å². The molecule has 0 aliphatic rings. The summed E-state index contributed by atoms with van der Waals surface area (Å²) >= 11 is 0. The number of hydrogen-bond donors (Lipinski definition) is 1. The third-order valence-corrected chi connectivity index (χ3v) is 8.83. The van der Waals surface area contributed by atoms with Gasteiger partial charge in [-0.1, -0.05) is 73.9 Å². The zero-order chi connectivity index (χ0) is 31.8. The van der Waals surface area contributed by atoms with Gasteiger partial charge in [0, 0.05) is 13.1 Å². The van der Waals surface area contributed by atoms with E-state index in [1.54, 1.807) is 26.0 Å². The molecule has 43 heavy (non-hydrogen) atoms. The smallest absolute Gasteiger partial charge is 0.354 e. The predicted octanol–water partition coefficient (Wildman–Crippen LogP) is 6.24. The van der Waals surface area contributed by atoms with Gasteiger partial charge in [-0.25, -0.2) is 8.42 Å². The quantitative estimate of drug-likeness (QED) is 0.230. The maximum absolute atomic E-state index is 14.1. The molecule has 0 heterocycles. The zero-order valence-corrected chi connectivity index (χ0v) is 25.6. The molecule has 1 atom stereocenters. The summed E-state index contributed by atoms with van der Waals surface area (Å²) in [6.45, 7) is 6.99. The summed E-state index contributed by atoms with van der Waals surface area (Å²) in [5.41, 5.74) is 1.11. The number of rotatable bonds is 13. The number of nitrogens with zero attached hydrogens (tertiary/aromatic N) is 2. The van der Waals surface area contributed by atoms with Crippen LogP contribution >= 0.6 is 0 Å². The summed E-state index contributed by atoms with van der Waals surface area (Å²) in [4.78, 5) is 28.4. The Balaban J connectivity index is 2.09. The first-order chi connectivity index (χ1) is 20.3. The molecule has 0 spiro atoms. The minimum Gasteiger partial charge on any atom is -0.354 e. The van der Waals surface area contributed by atoms with E-state index in [-0.39, 0.29) is 29.5 Å². The van der Waals surface area contributed by atoms with E-state index in [4.69, 9.17) is 0 Å². The molecule has 0 bridgehead atoms. The van der Waals surface area contributed by atoms with Crippen LogP contribution in [0.1, 0.15) is 55.4 Å². The van der Waals surface area contributed by atoms with Gasteiger partial charge in [0.05, 0.1) is 16.1 Å². The van der Waals surface area contributed by atoms with Crippen molar-refractivity contribution in [2.45, 2.75) is 70.6 Å². The van der Waals surface area contributed by atoms with Gasteiger partial charge < -0.3 is 10.2 Å². The Morgan fingerprint density at radius 3 is 2.07 bits per heavy atom. The minimum absolute atomic E-state index is 0.000171. The van der Waals surface area contributed by atoms with Gasteiger partial charge in [-0.05, 0) is 62.6 Å². The van der Waals surface area contributed by atoms with E-state index in [1.807, 2.05) is 38.1 Å². The number of halogens is 3. The van der Waals surface area contributed by atoms with Crippen LogP contribution in [0.25, 0.3) is 0 Å². The molecule has 0 fully saturated rings. The van der Waals surface area contributed by atoms with Crippen LogP contribution in [-0.4, -0.2) is 44.3 Å². The Labute approximate surface area is 251 Å². The second kappa shape index (κ2) is 14.5. The Bertz CT molecular complexity index is 1490. The number of nitrogens with one attached hydrogen (secondary N) is 1. The average Bonchev–Trinajstić information content (AvgIpc) is 2.96. The zero-order valence-electron chi connectivity index (χ0n) is 24.8. The molecule has 0 saturated carbocycles. The predicted molar refractivity (Wildman–Crippen MR) is 161 cm³/mol. The van der Waals surface area contributed by atoms with Crippen molar-refractivity contribution in [2.75, 3.05) is 17.4 Å². The fourth-order valence-electron chi connectivity index (χ4n) is 4.52. The summed E-state index contributed by atoms with van der Waals surface area (Å²) in [6.07, 6.45) is -2.90. The number of benzene rings is 3. The van der Waals surface area contributed by atoms with Crippen LogP contribution in [0.3, 0.4) is 0 Å². The van der Waals surface area contributed by atoms with Crippen LogP contribution < -0.4 is 9.62 Å². The largest absolute Gasteiger partial charge is 0.416 e. The molecule has 1 N–H and O–H groups in total. The molecule has 0 radical (unpaired) electrons. The van der Waals surface area contributed by atoms with E-state index in [0.29, 0.717) is 22.5 Å². The number of alkyl halides is 3. The van der Waals surface area contributed by atoms with E-state index in [0.717, 1.165) is 36.1 Å². The molecule has 1 unspecified atom stereocenters. The first-order valence-electron chi connectivity index (χ1n) is 14.2. The Morgan fingerprint density at radius 2 is 1.51 bits per heavy atom. The lowest BCUT2D eigenvalue weighted by atomic mass is 10.1. The number of anilines is 1. The monoisotopic (exact) mass is 617 g/mol. The lowest BCUT2D eigenvalue weighted by Crippen LogP contribution is -2.52. The fraction of sp³-hybridized carbons (Fsp3) is 0.375. The van der Waals surface area contributed by atoms with Crippen molar-refractivity contribution in [1.29, 1.82) is 0 Å². The molecule has 232 valence electrons. The van der Waals surface area contributed by atoms with E-state index < -0.39 is 40.3 Å². The van der Waals surface area contributed by atoms with Crippen LogP contribution in [-0.2, 0) is 32.3 Å². The van der Waals surface area contributed by atoms with Crippen LogP contribution in [0, 0.1) is 13.8 Å². The second-order valence-corrected chi connectivity index (χ2v) is 12.3. The SMILES string of the molecule is CCCCNC(=O)C(CC)N(Cc1ccc(C)cc1)C(=O)CN(c1cccc(C(F)(F)F)c1)S(=O)(=O)c1ccc(C)cc1. The van der Waals surface area contributed by atoms with Crippen molar-refractivity contribution in [3.8, 4) is 0 Å². The Kier molecular flexibility index (Phi) is 11.4. The summed E-state index contributed by atoms with van der Waals surface area (Å²) in [5, 5.41) is 2.85. The minimum atomic E-state index is -4.74. The highest BCUT2D eigenvalue weighted by atomic mass is 32.2. The van der Waals surface area contributed by atoms with E-state index in [9.17, 15) is 31.2 Å². The normalized spacial score (nSPS) is 12.4. The van der Waals surface area contributed by atoms with Gasteiger partial charge in [0.15, 0.2) is 0 Å². The average molecular weight is 618 g/mol. The van der Waals surface area contributed by atoms with Gasteiger partial charge in [-0.15, -0.1) is 0 Å². The molecule has 0 aliphatic heterocycles. The third-order valence-electron chi connectivity index (χ3n) is 7.04. The molecule has 3 rings (SSSR count). The molecule has 3 aromatic carbocycles. The number of carbonyl (C=O) groups is 2. The number of unbranched alkanes of at least 4 members (excludes halogenated alkanes) is 1. The number of aryl methyl sites for hydroxylation is 2. The Hall–Kier alpha value is -3.86. The summed E-state index contributed by atoms with van der Waals surface area (Å²) < 4.78 is 69.4. The molecule has 2 amide bonds. The number of amides is 2. The first kappa shape index (κ1) is 33.6. The molecule has 3 aromatic rings. The lowest BCUT2D eigenvalue weighted by molar-refractivity contribution is -0.140. The standard InChI is InChI=1S/C32H38F3N3O4S/c1-5-7-19-36-31(40)29(6-2)37(21-25-15-11-23(3)12-16-25)30(39)22-38(27-10-8-9-26(20-27)32(33,34)35)43(41,42)28-17-13-24(4)14-18-28/h8-18,20,29H,5-7,19,21-22H2,1-4H3,(H,36,40). The van der Waals surface area contributed by atoms with Crippen molar-refractivity contribution in [3.05, 3.63) is 95.1 Å². The fourth-order valence-corrected chi connectivity index (χ4v) is 5.93. The van der Waals surface area contributed by atoms with Gasteiger partial charge in [0.2, 0.25) is 11.8 Å². The summed E-state index contributed by atoms with van der Waals surface area (Å²) in [6, 6.07) is 16.1. The number of hydrogen-bond acceptors (Lipinski definition) is 4. The molecule has 0 aliphatic carbocycles. The highest BCUT2D eigenvalue weighted by molar-refractivity contribution is 7.92. The van der Waals surface area contributed by atoms with Crippen molar-refractivity contribution >= 4 is 27.5 Å². The van der Waals surface area contributed by atoms with Gasteiger partial charge in [-0.3, -0.25) is 13.9 Å². The van der Waals surface area contributed by atoms with E-state index in [1.165, 1.54) is 23.1 Å². The molecule has 11 heteroatoms. The summed E-state index contributed by atoms with van der Waals surface area (Å²) in [5.74, 6) is -1.12. The molecular weight excluding hydrogens is 579 g/mol. The van der Waals surface area contributed by atoms with Crippen LogP contribution in [0.5, 0.6) is 0 Å². The maximum Gasteiger partial charge on any atom is 0.416 e. The van der Waals surface area contributed by atoms with Gasteiger partial charge in [-0.2, -0.15) is 13.2 Å². The highest BCUT2D eigenvalue weighted by Crippen LogP contribution is 2.33. The van der Waals surface area contributed by atoms with Crippen LogP contribution in [0.4, 0.5) is 18.9 Å². The summed E-state index contributed by atoms with van der Waals surface area (Å²) in [7, 11) is -4.49. The Morgan fingerprint density at radius 1 is 0.907 bits per heavy atom. The van der Waals surface area contributed by atoms with Crippen LogP contribution in [0.15, 0.2) is 77.7 Å². The molecule has 0 aromatic heterocycles. The maximum atomic E-state index is 14.1. The third kappa shape index (κ3) is 8.82. The lowest BCUT2D eigenvalue weighted by Gasteiger charge is -2.33. The molecule has 7 nitrogen and oxygen atoms in total. The van der Waals surface area contributed by atoms with Gasteiger partial charge in [0.1, 0.15) is 12.6 Å². The van der Waals surface area contributed by atoms with Crippen molar-refractivity contribution < 1.29 is 31.2 Å². The topological polar surface area (TPSA) is 86.8 Å². The molecule has 0 saturated heterocycles. The van der Waals surface area contributed by atoms with Crippen molar-refractivity contribution in [1.82, 2.24) is 10.2 Å². The van der Waals surface area contributed by atoms with Crippen LogP contribution in [0.2, 0.25) is 0 Å². The molecular formula is C32H38F3N3O4S. The highest BCUT2D eigenvalue weighted by Gasteiger charge is 2.36. The first-order valence-corrected chi connectivity index (χ1v) is 15.6. The van der Waals surface area contributed by atoms with Gasteiger partial charge >= 0.3 is 6.18 Å². The van der Waals surface area contributed by atoms with Gasteiger partial charge in [0.25, 0.3) is 10.0 Å². The number of sulfonamides is 1. The number of carbonyl (C=O) groups excluding carboxylic acids is 2. The van der Waals surface area contributed by atoms with E-state index in [2.05, 4.69) is 5.32 Å². The second-order valence-electron chi connectivity index (χ2n) is 10.4. The van der Waals surface area contributed by atoms with E-state index >= 15 is 0 Å².